The predicted molar refractivity (Wildman–Crippen MR) is 132 cm³/mol. The van der Waals surface area contributed by atoms with Crippen molar-refractivity contribution in [1.82, 2.24) is 4.57 Å². The van der Waals surface area contributed by atoms with Crippen LogP contribution in [0.5, 0.6) is 5.75 Å². The van der Waals surface area contributed by atoms with Gasteiger partial charge in [0, 0.05) is 35.1 Å². The molecule has 1 heterocycles. The van der Waals surface area contributed by atoms with E-state index in [4.69, 9.17) is 9.84 Å². The zero-order chi connectivity index (χ0) is 23.8. The van der Waals surface area contributed by atoms with Crippen LogP contribution in [0.4, 0.5) is 5.69 Å². The van der Waals surface area contributed by atoms with Crippen LogP contribution in [-0.2, 0) is 4.79 Å². The molecule has 0 radical (unpaired) electrons. The minimum atomic E-state index is -0.852. The number of anilines is 1. The Hall–Kier alpha value is -3.28. The molecule has 0 saturated carbocycles. The molecule has 1 unspecified atom stereocenters. The molecule has 1 aromatic heterocycles. The smallest absolute Gasteiger partial charge is 0.303 e. The Morgan fingerprint density at radius 1 is 1.03 bits per heavy atom. The highest BCUT2D eigenvalue weighted by molar-refractivity contribution is 6.06. The van der Waals surface area contributed by atoms with Crippen LogP contribution in [0.25, 0.3) is 10.9 Å². The van der Waals surface area contributed by atoms with E-state index >= 15 is 0 Å². The van der Waals surface area contributed by atoms with E-state index in [0.717, 1.165) is 23.2 Å². The Labute approximate surface area is 195 Å². The van der Waals surface area contributed by atoms with Crippen LogP contribution in [0.15, 0.2) is 54.7 Å². The molecule has 0 aliphatic heterocycles. The Bertz CT molecular complexity index is 1090. The SMILES string of the molecule is CC(C)CCCC(C)n1ccc2cc(C(=O)Nc3ccccc3OCCCC(=O)O)ccc21. The summed E-state index contributed by atoms with van der Waals surface area (Å²) in [6.07, 6.45) is 6.13. The summed E-state index contributed by atoms with van der Waals surface area (Å²) in [5, 5.41) is 12.7. The van der Waals surface area contributed by atoms with Gasteiger partial charge in [0.05, 0.1) is 12.3 Å². The molecule has 0 fully saturated rings. The fraction of sp³-hybridized carbons (Fsp3) is 0.407. The van der Waals surface area contributed by atoms with Gasteiger partial charge in [-0.3, -0.25) is 9.59 Å². The number of carbonyl (C=O) groups is 2. The summed E-state index contributed by atoms with van der Waals surface area (Å²) in [5.41, 5.74) is 2.27. The van der Waals surface area contributed by atoms with E-state index in [1.54, 1.807) is 12.1 Å². The van der Waals surface area contributed by atoms with Gasteiger partial charge >= 0.3 is 5.97 Å². The van der Waals surface area contributed by atoms with Crippen LogP contribution in [-0.4, -0.2) is 28.2 Å². The second-order valence-corrected chi connectivity index (χ2v) is 8.97. The lowest BCUT2D eigenvalue weighted by atomic mass is 10.0. The predicted octanol–water partition coefficient (Wildman–Crippen LogP) is 6.52. The lowest BCUT2D eigenvalue weighted by molar-refractivity contribution is -0.137. The van der Waals surface area contributed by atoms with Gasteiger partial charge in [-0.05, 0) is 62.1 Å². The zero-order valence-electron chi connectivity index (χ0n) is 19.7. The van der Waals surface area contributed by atoms with Crippen molar-refractivity contribution in [2.45, 2.75) is 58.9 Å². The van der Waals surface area contributed by atoms with Crippen LogP contribution in [0.1, 0.15) is 69.3 Å². The van der Waals surface area contributed by atoms with Crippen LogP contribution in [0, 0.1) is 5.92 Å². The first-order valence-corrected chi connectivity index (χ1v) is 11.7. The van der Waals surface area contributed by atoms with Gasteiger partial charge in [0.15, 0.2) is 0 Å². The molecule has 3 aromatic rings. The molecule has 0 spiro atoms. The number of aromatic nitrogens is 1. The number of benzene rings is 2. The number of para-hydroxylation sites is 2. The van der Waals surface area contributed by atoms with Crippen molar-refractivity contribution in [2.24, 2.45) is 5.92 Å². The average Bonchev–Trinajstić information content (AvgIpc) is 3.20. The van der Waals surface area contributed by atoms with Gasteiger partial charge in [0.25, 0.3) is 5.91 Å². The topological polar surface area (TPSA) is 80.6 Å². The molecule has 6 heteroatoms. The summed E-state index contributed by atoms with van der Waals surface area (Å²) in [4.78, 5) is 23.6. The fourth-order valence-corrected chi connectivity index (χ4v) is 3.95. The number of nitrogens with zero attached hydrogens (tertiary/aromatic N) is 1. The molecule has 176 valence electrons. The number of carboxylic acid groups (broad SMARTS) is 1. The zero-order valence-corrected chi connectivity index (χ0v) is 19.7. The molecule has 1 atom stereocenters. The van der Waals surface area contributed by atoms with Crippen molar-refractivity contribution in [2.75, 3.05) is 11.9 Å². The molecule has 0 aliphatic rings. The Morgan fingerprint density at radius 3 is 2.58 bits per heavy atom. The molecule has 33 heavy (non-hydrogen) atoms. The number of hydrogen-bond donors (Lipinski definition) is 2. The second-order valence-electron chi connectivity index (χ2n) is 8.97. The van der Waals surface area contributed by atoms with Crippen molar-refractivity contribution >= 4 is 28.5 Å². The van der Waals surface area contributed by atoms with Gasteiger partial charge in [-0.15, -0.1) is 0 Å². The lowest BCUT2D eigenvalue weighted by Gasteiger charge is -2.16. The van der Waals surface area contributed by atoms with Gasteiger partial charge in [-0.1, -0.05) is 38.8 Å². The monoisotopic (exact) mass is 450 g/mol. The highest BCUT2D eigenvalue weighted by atomic mass is 16.5. The van der Waals surface area contributed by atoms with E-state index in [9.17, 15) is 9.59 Å². The number of aliphatic carboxylic acids is 1. The maximum atomic E-state index is 12.9. The maximum Gasteiger partial charge on any atom is 0.303 e. The highest BCUT2D eigenvalue weighted by Crippen LogP contribution is 2.27. The summed E-state index contributed by atoms with van der Waals surface area (Å²) >= 11 is 0. The van der Waals surface area contributed by atoms with Gasteiger partial charge in [0.1, 0.15) is 5.75 Å². The third-order valence-electron chi connectivity index (χ3n) is 5.79. The summed E-state index contributed by atoms with van der Waals surface area (Å²) in [7, 11) is 0. The molecule has 6 nitrogen and oxygen atoms in total. The minimum Gasteiger partial charge on any atom is -0.491 e. The normalized spacial score (nSPS) is 12.1. The highest BCUT2D eigenvalue weighted by Gasteiger charge is 2.13. The summed E-state index contributed by atoms with van der Waals surface area (Å²) < 4.78 is 7.98. The Kier molecular flexibility index (Phi) is 8.52. The quantitative estimate of drug-likeness (QED) is 0.308. The van der Waals surface area contributed by atoms with E-state index in [1.807, 2.05) is 30.3 Å². The molecular weight excluding hydrogens is 416 g/mol. The van der Waals surface area contributed by atoms with Gasteiger partial charge in [-0.25, -0.2) is 0 Å². The molecule has 2 N–H and O–H groups in total. The van der Waals surface area contributed by atoms with E-state index in [0.29, 0.717) is 29.5 Å². The first-order chi connectivity index (χ1) is 15.8. The molecular formula is C27H34N2O4. The standard InChI is InChI=1S/C27H34N2O4/c1-19(2)8-6-9-20(3)29-16-15-21-18-22(13-14-24(21)29)27(32)28-23-10-4-5-11-25(23)33-17-7-12-26(30)31/h4-5,10-11,13-16,18-20H,6-9,12,17H2,1-3H3,(H,28,32)(H,30,31). The van der Waals surface area contributed by atoms with Crippen molar-refractivity contribution in [3.8, 4) is 5.75 Å². The fourth-order valence-electron chi connectivity index (χ4n) is 3.95. The van der Waals surface area contributed by atoms with Crippen molar-refractivity contribution in [3.63, 3.8) is 0 Å². The largest absolute Gasteiger partial charge is 0.491 e. The maximum absolute atomic E-state index is 12.9. The lowest BCUT2D eigenvalue weighted by Crippen LogP contribution is -2.13. The Morgan fingerprint density at radius 2 is 1.82 bits per heavy atom. The molecule has 2 aromatic carbocycles. The number of rotatable bonds is 12. The third-order valence-corrected chi connectivity index (χ3v) is 5.79. The van der Waals surface area contributed by atoms with Crippen LogP contribution >= 0.6 is 0 Å². The Balaban J connectivity index is 1.67. The van der Waals surface area contributed by atoms with E-state index in [-0.39, 0.29) is 18.9 Å². The molecule has 0 bridgehead atoms. The summed E-state index contributed by atoms with van der Waals surface area (Å²) in [6, 6.07) is 15.4. The second kappa shape index (κ2) is 11.5. The first kappa shape index (κ1) is 24.4. The third kappa shape index (κ3) is 6.85. The van der Waals surface area contributed by atoms with Gasteiger partial charge in [0.2, 0.25) is 0 Å². The number of hydrogen-bond acceptors (Lipinski definition) is 3. The van der Waals surface area contributed by atoms with Crippen molar-refractivity contribution < 1.29 is 19.4 Å². The molecule has 0 saturated heterocycles. The van der Waals surface area contributed by atoms with Crippen molar-refractivity contribution in [3.05, 3.63) is 60.3 Å². The number of ether oxygens (including phenoxy) is 1. The number of fused-ring (bicyclic) bond motifs is 1. The molecule has 1 amide bonds. The van der Waals surface area contributed by atoms with E-state index in [2.05, 4.69) is 42.9 Å². The minimum absolute atomic E-state index is 0.0462. The number of carbonyl (C=O) groups excluding carboxylic acids is 1. The average molecular weight is 451 g/mol. The van der Waals surface area contributed by atoms with Crippen LogP contribution in [0.3, 0.4) is 0 Å². The number of amides is 1. The van der Waals surface area contributed by atoms with E-state index in [1.165, 1.54) is 12.8 Å². The van der Waals surface area contributed by atoms with Gasteiger partial charge < -0.3 is 19.7 Å². The number of carboxylic acids is 1. The van der Waals surface area contributed by atoms with Crippen molar-refractivity contribution in [1.29, 1.82) is 0 Å². The van der Waals surface area contributed by atoms with Crippen LogP contribution in [0.2, 0.25) is 0 Å². The molecule has 0 aliphatic carbocycles. The van der Waals surface area contributed by atoms with Crippen LogP contribution < -0.4 is 10.1 Å². The summed E-state index contributed by atoms with van der Waals surface area (Å²) in [6.45, 7) is 7.03. The number of nitrogens with one attached hydrogen (secondary N) is 1. The molecule has 3 rings (SSSR count). The van der Waals surface area contributed by atoms with Gasteiger partial charge in [-0.2, -0.15) is 0 Å². The summed E-state index contributed by atoms with van der Waals surface area (Å²) in [5.74, 6) is 0.184. The van der Waals surface area contributed by atoms with E-state index < -0.39 is 5.97 Å². The first-order valence-electron chi connectivity index (χ1n) is 11.7.